The molecule has 3 aromatic rings. The number of rotatable bonds is 4. The third kappa shape index (κ3) is 3.35. The molecule has 2 aromatic carbocycles. The van der Waals surface area contributed by atoms with Gasteiger partial charge in [0.15, 0.2) is 0 Å². The first kappa shape index (κ1) is 15.9. The number of carbonyl (C=O) groups excluding carboxylic acids is 1. The second-order valence-electron chi connectivity index (χ2n) is 5.75. The summed E-state index contributed by atoms with van der Waals surface area (Å²) in [6.45, 7) is 2.08. The standard InChI is InChI=1S/C19H18FN3O/c1-14-8-9-16(10-18(14)20)19(24)22(2)12-15-11-21-23(13-15)17-6-4-3-5-7-17/h3-11,13H,12H2,1-2H3. The van der Waals surface area contributed by atoms with Crippen molar-refractivity contribution in [3.05, 3.63) is 83.4 Å². The van der Waals surface area contributed by atoms with Gasteiger partial charge in [0.1, 0.15) is 5.82 Å². The van der Waals surface area contributed by atoms with Gasteiger partial charge in [-0.2, -0.15) is 5.10 Å². The summed E-state index contributed by atoms with van der Waals surface area (Å²) in [5.41, 5.74) is 2.73. The average Bonchev–Trinajstić information content (AvgIpc) is 3.06. The lowest BCUT2D eigenvalue weighted by Gasteiger charge is -2.16. The molecule has 0 aliphatic rings. The first-order valence-electron chi connectivity index (χ1n) is 7.65. The first-order valence-corrected chi connectivity index (χ1v) is 7.65. The third-order valence-corrected chi connectivity index (χ3v) is 3.84. The summed E-state index contributed by atoms with van der Waals surface area (Å²) in [4.78, 5) is 14.0. The monoisotopic (exact) mass is 323 g/mol. The number of hydrogen-bond donors (Lipinski definition) is 0. The van der Waals surface area contributed by atoms with E-state index in [1.807, 2.05) is 36.5 Å². The van der Waals surface area contributed by atoms with E-state index in [1.54, 1.807) is 41.9 Å². The number of halogens is 1. The lowest BCUT2D eigenvalue weighted by molar-refractivity contribution is 0.0784. The normalized spacial score (nSPS) is 10.6. The van der Waals surface area contributed by atoms with Gasteiger partial charge >= 0.3 is 0 Å². The lowest BCUT2D eigenvalue weighted by atomic mass is 10.1. The predicted molar refractivity (Wildman–Crippen MR) is 90.5 cm³/mol. The molecule has 4 nitrogen and oxygen atoms in total. The van der Waals surface area contributed by atoms with E-state index in [4.69, 9.17) is 0 Å². The minimum atomic E-state index is -0.369. The smallest absolute Gasteiger partial charge is 0.254 e. The zero-order chi connectivity index (χ0) is 17.1. The fourth-order valence-electron chi connectivity index (χ4n) is 2.46. The molecule has 3 rings (SSSR count). The molecule has 5 heteroatoms. The van der Waals surface area contributed by atoms with Gasteiger partial charge in [-0.3, -0.25) is 4.79 Å². The van der Waals surface area contributed by atoms with Gasteiger partial charge < -0.3 is 4.90 Å². The summed E-state index contributed by atoms with van der Waals surface area (Å²) >= 11 is 0. The third-order valence-electron chi connectivity index (χ3n) is 3.84. The molecule has 1 amide bonds. The molecule has 1 heterocycles. The van der Waals surface area contributed by atoms with Crippen molar-refractivity contribution in [2.24, 2.45) is 0 Å². The molecule has 0 saturated heterocycles. The van der Waals surface area contributed by atoms with Crippen LogP contribution in [0.25, 0.3) is 5.69 Å². The van der Waals surface area contributed by atoms with E-state index in [0.717, 1.165) is 11.3 Å². The number of hydrogen-bond acceptors (Lipinski definition) is 2. The van der Waals surface area contributed by atoms with Crippen molar-refractivity contribution < 1.29 is 9.18 Å². The second-order valence-corrected chi connectivity index (χ2v) is 5.75. The topological polar surface area (TPSA) is 38.1 Å². The van der Waals surface area contributed by atoms with Crippen LogP contribution in [0.4, 0.5) is 4.39 Å². The van der Waals surface area contributed by atoms with Crippen LogP contribution in [0.1, 0.15) is 21.5 Å². The van der Waals surface area contributed by atoms with E-state index in [1.165, 1.54) is 6.07 Å². The van der Waals surface area contributed by atoms with Gasteiger partial charge in [-0.25, -0.2) is 9.07 Å². The zero-order valence-electron chi connectivity index (χ0n) is 13.6. The molecule has 1 aromatic heterocycles. The number of benzene rings is 2. The van der Waals surface area contributed by atoms with E-state index in [9.17, 15) is 9.18 Å². The number of carbonyl (C=O) groups is 1. The largest absolute Gasteiger partial charge is 0.337 e. The van der Waals surface area contributed by atoms with Crippen molar-refractivity contribution in [2.45, 2.75) is 13.5 Å². The molecule has 0 fully saturated rings. The molecule has 0 bridgehead atoms. The van der Waals surface area contributed by atoms with Gasteiger partial charge in [0.2, 0.25) is 0 Å². The van der Waals surface area contributed by atoms with Crippen molar-refractivity contribution in [1.29, 1.82) is 0 Å². The Balaban J connectivity index is 1.72. The highest BCUT2D eigenvalue weighted by molar-refractivity contribution is 5.94. The minimum Gasteiger partial charge on any atom is -0.337 e. The Morgan fingerprint density at radius 3 is 2.67 bits per heavy atom. The molecule has 0 atom stereocenters. The van der Waals surface area contributed by atoms with Crippen LogP contribution in [0, 0.1) is 12.7 Å². The summed E-state index contributed by atoms with van der Waals surface area (Å²) in [5, 5.41) is 4.32. The van der Waals surface area contributed by atoms with Crippen LogP contribution < -0.4 is 0 Å². The predicted octanol–water partition coefficient (Wildman–Crippen LogP) is 3.59. The maximum atomic E-state index is 13.6. The number of aryl methyl sites for hydroxylation is 1. The van der Waals surface area contributed by atoms with Gasteiger partial charge in [-0.15, -0.1) is 0 Å². The molecule has 0 aliphatic heterocycles. The number of amides is 1. The van der Waals surface area contributed by atoms with E-state index >= 15 is 0 Å². The molecule has 0 aliphatic carbocycles. The highest BCUT2D eigenvalue weighted by atomic mass is 19.1. The molecular formula is C19H18FN3O. The summed E-state index contributed by atoms with van der Waals surface area (Å²) in [6.07, 6.45) is 3.61. The Kier molecular flexibility index (Phi) is 4.42. The Hall–Kier alpha value is -2.95. The van der Waals surface area contributed by atoms with E-state index < -0.39 is 0 Å². The number of aromatic nitrogens is 2. The Morgan fingerprint density at radius 1 is 1.21 bits per heavy atom. The lowest BCUT2D eigenvalue weighted by Crippen LogP contribution is -2.26. The highest BCUT2D eigenvalue weighted by Gasteiger charge is 2.14. The molecule has 122 valence electrons. The van der Waals surface area contributed by atoms with Gasteiger partial charge in [0, 0.05) is 30.9 Å². The number of nitrogens with zero attached hydrogens (tertiary/aromatic N) is 3. The second kappa shape index (κ2) is 6.66. The van der Waals surface area contributed by atoms with E-state index in [0.29, 0.717) is 17.7 Å². The SMILES string of the molecule is Cc1ccc(C(=O)N(C)Cc2cnn(-c3ccccc3)c2)cc1F. The molecule has 0 N–H and O–H groups in total. The molecule has 0 unspecified atom stereocenters. The quantitative estimate of drug-likeness (QED) is 0.736. The minimum absolute atomic E-state index is 0.221. The highest BCUT2D eigenvalue weighted by Crippen LogP contribution is 2.13. The average molecular weight is 323 g/mol. The van der Waals surface area contributed by atoms with Gasteiger partial charge in [0.05, 0.1) is 11.9 Å². The Bertz CT molecular complexity index is 858. The first-order chi connectivity index (χ1) is 11.5. The van der Waals surface area contributed by atoms with E-state index in [2.05, 4.69) is 5.10 Å². The van der Waals surface area contributed by atoms with Crippen LogP contribution in [-0.2, 0) is 6.54 Å². The molecular weight excluding hydrogens is 305 g/mol. The van der Waals surface area contributed by atoms with Crippen LogP contribution in [0.2, 0.25) is 0 Å². The zero-order valence-corrected chi connectivity index (χ0v) is 13.6. The van der Waals surface area contributed by atoms with Crippen LogP contribution in [0.5, 0.6) is 0 Å². The fourth-order valence-corrected chi connectivity index (χ4v) is 2.46. The summed E-state index contributed by atoms with van der Waals surface area (Å²) in [6, 6.07) is 14.3. The fraction of sp³-hybridized carbons (Fsp3) is 0.158. The molecule has 0 radical (unpaired) electrons. The number of para-hydroxylation sites is 1. The molecule has 0 saturated carbocycles. The van der Waals surface area contributed by atoms with Crippen molar-refractivity contribution in [3.8, 4) is 5.69 Å². The van der Waals surface area contributed by atoms with Crippen LogP contribution in [-0.4, -0.2) is 27.6 Å². The molecule has 24 heavy (non-hydrogen) atoms. The van der Waals surface area contributed by atoms with E-state index in [-0.39, 0.29) is 11.7 Å². The van der Waals surface area contributed by atoms with Crippen molar-refractivity contribution in [1.82, 2.24) is 14.7 Å². The van der Waals surface area contributed by atoms with Crippen LogP contribution in [0.15, 0.2) is 60.9 Å². The van der Waals surface area contributed by atoms with Gasteiger partial charge in [0.25, 0.3) is 5.91 Å². The van der Waals surface area contributed by atoms with Crippen LogP contribution in [0.3, 0.4) is 0 Å². The Morgan fingerprint density at radius 2 is 1.96 bits per heavy atom. The van der Waals surface area contributed by atoms with Crippen molar-refractivity contribution in [3.63, 3.8) is 0 Å². The maximum absolute atomic E-state index is 13.6. The summed E-state index contributed by atoms with van der Waals surface area (Å²) in [5.74, 6) is -0.590. The summed E-state index contributed by atoms with van der Waals surface area (Å²) in [7, 11) is 1.69. The van der Waals surface area contributed by atoms with Gasteiger partial charge in [-0.05, 0) is 36.8 Å². The van der Waals surface area contributed by atoms with Crippen LogP contribution >= 0.6 is 0 Å². The Labute approximate surface area is 140 Å². The van der Waals surface area contributed by atoms with Crippen molar-refractivity contribution >= 4 is 5.91 Å². The molecule has 0 spiro atoms. The summed E-state index contributed by atoms with van der Waals surface area (Å²) < 4.78 is 15.4. The van der Waals surface area contributed by atoms with Crippen molar-refractivity contribution in [2.75, 3.05) is 7.05 Å². The van der Waals surface area contributed by atoms with Gasteiger partial charge in [-0.1, -0.05) is 24.3 Å². The maximum Gasteiger partial charge on any atom is 0.254 e.